The lowest BCUT2D eigenvalue weighted by molar-refractivity contribution is 1.25. The third kappa shape index (κ3) is 19.6. The summed E-state index contributed by atoms with van der Waals surface area (Å²) in [6, 6.07) is 161. The van der Waals surface area contributed by atoms with Crippen molar-refractivity contribution < 1.29 is 0 Å². The van der Waals surface area contributed by atoms with Gasteiger partial charge in [-0.1, -0.05) is 242 Å². The van der Waals surface area contributed by atoms with Crippen molar-refractivity contribution in [3.05, 3.63) is 505 Å². The van der Waals surface area contributed by atoms with E-state index >= 15 is 0 Å². The lowest BCUT2D eigenvalue weighted by Gasteiger charge is -2.27. The molecule has 124 heavy (non-hydrogen) atoms. The molecule has 0 bridgehead atoms. The number of nitrogens with zero attached hydrogens (tertiary/aromatic N) is 6. The normalized spacial score (nSPS) is 10.8. The molecule has 0 saturated heterocycles. The Labute approximate surface area is 734 Å². The van der Waals surface area contributed by atoms with Gasteiger partial charge in [0, 0.05) is 102 Å². The van der Waals surface area contributed by atoms with Gasteiger partial charge in [0.2, 0.25) is 0 Å². The minimum absolute atomic E-state index is 1.13. The molecule has 0 aliphatic rings. The summed E-state index contributed by atoms with van der Waals surface area (Å²) >= 11 is 0. The van der Waals surface area contributed by atoms with Crippen molar-refractivity contribution in [1.82, 2.24) is 0 Å². The summed E-state index contributed by atoms with van der Waals surface area (Å²) < 4.78 is 0. The largest absolute Gasteiger partial charge is 0.311 e. The number of anilines is 18. The number of benzene rings is 18. The van der Waals surface area contributed by atoms with Crippen LogP contribution in [0.15, 0.2) is 449 Å². The zero-order valence-corrected chi connectivity index (χ0v) is 72.4. The van der Waals surface area contributed by atoms with Crippen LogP contribution < -0.4 is 29.4 Å². The van der Waals surface area contributed by atoms with Crippen LogP contribution in [0.5, 0.6) is 0 Å². The van der Waals surface area contributed by atoms with Gasteiger partial charge < -0.3 is 29.4 Å². The van der Waals surface area contributed by atoms with E-state index in [1.54, 1.807) is 0 Å². The van der Waals surface area contributed by atoms with Crippen LogP contribution in [-0.4, -0.2) is 0 Å². The van der Waals surface area contributed by atoms with Gasteiger partial charge in [0.1, 0.15) is 0 Å². The predicted molar refractivity (Wildman–Crippen MR) is 531 cm³/mol. The zero-order valence-electron chi connectivity index (χ0n) is 72.4. The summed E-state index contributed by atoms with van der Waals surface area (Å²) in [5, 5.41) is 0. The van der Waals surface area contributed by atoms with E-state index in [1.165, 1.54) is 100 Å². The van der Waals surface area contributed by atoms with Crippen molar-refractivity contribution in [2.45, 2.75) is 69.2 Å². The lowest BCUT2D eigenvalue weighted by atomic mass is 10.0. The first-order valence-corrected chi connectivity index (χ1v) is 42.8. The van der Waals surface area contributed by atoms with Gasteiger partial charge in [-0.3, -0.25) is 0 Å². The Morgan fingerprint density at radius 3 is 0.444 bits per heavy atom. The number of para-hydroxylation sites is 6. The number of rotatable bonds is 21. The summed E-state index contributed by atoms with van der Waals surface area (Å²) in [7, 11) is 0. The molecule has 0 heterocycles. The van der Waals surface area contributed by atoms with Gasteiger partial charge in [-0.25, -0.2) is 0 Å². The molecule has 0 fully saturated rings. The molecule has 6 nitrogen and oxygen atoms in total. The Morgan fingerprint density at radius 1 is 0.105 bits per heavy atom. The Morgan fingerprint density at radius 2 is 0.258 bits per heavy atom. The second-order valence-corrected chi connectivity index (χ2v) is 32.2. The fourth-order valence-corrected chi connectivity index (χ4v) is 16.2. The maximum atomic E-state index is 2.33. The fourth-order valence-electron chi connectivity index (χ4n) is 16.2. The first-order chi connectivity index (χ1) is 60.6. The SMILES string of the molecule is Cc1cc(C)cc(N(c2ccccc2)c2ccc(-c3ccc(N(c4ccccc4)c4cc(C)cc(C)c4)cc3)cc2)c1.Cc1ccc(N(c2ccccc2)c2ccc(-c3ccc(N(c4ccccc4)c4ccc(C)c(C)c4)cc3)cc2)cc1C.Cc1ccc(N(c2ccccc2)c2ccc(-c3ccc(N(c4ccccc4)c4ccc(C)cc4)cc3)cc2)cc1. The molecule has 0 saturated carbocycles. The highest BCUT2D eigenvalue weighted by atomic mass is 15.2. The van der Waals surface area contributed by atoms with Crippen LogP contribution in [0.3, 0.4) is 0 Å². The molecule has 606 valence electrons. The number of aryl methyl sites for hydroxylation is 10. The van der Waals surface area contributed by atoms with E-state index in [1.807, 2.05) is 0 Å². The highest BCUT2D eigenvalue weighted by Gasteiger charge is 2.21. The van der Waals surface area contributed by atoms with Crippen LogP contribution in [0.25, 0.3) is 33.4 Å². The monoisotopic (exact) mass is 1600 g/mol. The molecular weight excluding hydrogens is 1500 g/mol. The molecule has 18 rings (SSSR count). The van der Waals surface area contributed by atoms with Crippen LogP contribution in [0.4, 0.5) is 102 Å². The molecule has 0 aliphatic carbocycles. The Hall–Kier alpha value is -15.2. The highest BCUT2D eigenvalue weighted by molar-refractivity contribution is 5.86. The van der Waals surface area contributed by atoms with Crippen molar-refractivity contribution >= 4 is 102 Å². The summed E-state index contributed by atoms with van der Waals surface area (Å²) in [6.45, 7) is 21.5. The standard InChI is InChI=1S/2C40H36N2.C38H32N2/c1-29-15-21-39(27-31(29)3)41(35-11-7-5-8-12-35)37-23-17-33(18-24-37)34-19-25-38(26-20-34)42(36-13-9-6-10-14-36)40-22-16-30(2)32(4)28-40;1-29-23-30(2)26-39(25-29)41(35-11-7-5-8-12-35)37-19-15-33(16-20-37)34-17-21-38(22-18-34)42(36-13-9-6-10-14-36)40-27-31(3)24-32(4)28-40;1-29-13-21-35(22-14-29)39(33-9-5-3-6-10-33)37-25-17-31(18-26-37)32-19-27-38(28-20-32)40(34-11-7-4-8-12-34)36-23-15-30(2)16-24-36/h2*5-28H,1-4H3;3-28H,1-2H3. The van der Waals surface area contributed by atoms with Crippen molar-refractivity contribution in [1.29, 1.82) is 0 Å². The van der Waals surface area contributed by atoms with E-state index in [0.717, 1.165) is 91.0 Å². The smallest absolute Gasteiger partial charge is 0.0466 e. The molecule has 0 N–H and O–H groups in total. The topological polar surface area (TPSA) is 19.4 Å². The molecule has 0 aromatic heterocycles. The molecule has 18 aromatic rings. The molecule has 18 aromatic carbocycles. The van der Waals surface area contributed by atoms with Crippen molar-refractivity contribution in [3.8, 4) is 33.4 Å². The average Bonchev–Trinajstić information content (AvgIpc) is 0.806. The van der Waals surface area contributed by atoms with Crippen molar-refractivity contribution in [2.24, 2.45) is 0 Å². The van der Waals surface area contributed by atoms with Crippen molar-refractivity contribution in [2.75, 3.05) is 29.4 Å². The second-order valence-electron chi connectivity index (χ2n) is 32.2. The molecule has 0 unspecified atom stereocenters. The van der Waals surface area contributed by atoms with Gasteiger partial charge in [0.05, 0.1) is 0 Å². The quantitative estimate of drug-likeness (QED) is 0.0709. The van der Waals surface area contributed by atoms with Gasteiger partial charge >= 0.3 is 0 Å². The number of hydrogen-bond donors (Lipinski definition) is 0. The van der Waals surface area contributed by atoms with E-state index in [2.05, 4.69) is 548 Å². The lowest BCUT2D eigenvalue weighted by Crippen LogP contribution is -2.10. The predicted octanol–water partition coefficient (Wildman–Crippen LogP) is 34.0. The van der Waals surface area contributed by atoms with Crippen LogP contribution in [0, 0.1) is 69.2 Å². The summed E-state index contributed by atoms with van der Waals surface area (Å²) in [5.41, 5.74) is 40.5. The molecule has 6 heteroatoms. The molecule has 0 radical (unpaired) electrons. The molecule has 0 aliphatic heterocycles. The maximum Gasteiger partial charge on any atom is 0.0466 e. The van der Waals surface area contributed by atoms with Crippen LogP contribution in [-0.2, 0) is 0 Å². The third-order valence-electron chi connectivity index (χ3n) is 22.9. The Kier molecular flexibility index (Phi) is 25.6. The van der Waals surface area contributed by atoms with Crippen molar-refractivity contribution in [3.63, 3.8) is 0 Å². The van der Waals surface area contributed by atoms with Gasteiger partial charge in [0.15, 0.2) is 0 Å². The fraction of sp³-hybridized carbons (Fsp3) is 0.0847. The van der Waals surface area contributed by atoms with E-state index in [-0.39, 0.29) is 0 Å². The first kappa shape index (κ1) is 82.5. The minimum atomic E-state index is 1.13. The van der Waals surface area contributed by atoms with Gasteiger partial charge in [-0.05, 0) is 366 Å². The molecule has 0 atom stereocenters. The second kappa shape index (κ2) is 38.4. The third-order valence-corrected chi connectivity index (χ3v) is 22.9. The summed E-state index contributed by atoms with van der Waals surface area (Å²) in [6.07, 6.45) is 0. The highest BCUT2D eigenvalue weighted by Crippen LogP contribution is 2.45. The Bertz CT molecular complexity index is 6070. The van der Waals surface area contributed by atoms with Gasteiger partial charge in [0.25, 0.3) is 0 Å². The van der Waals surface area contributed by atoms with E-state index < -0.39 is 0 Å². The van der Waals surface area contributed by atoms with Gasteiger partial charge in [-0.2, -0.15) is 0 Å². The van der Waals surface area contributed by atoms with Crippen LogP contribution in [0.1, 0.15) is 55.6 Å². The minimum Gasteiger partial charge on any atom is -0.311 e. The summed E-state index contributed by atoms with van der Waals surface area (Å²) in [4.78, 5) is 13.9. The zero-order chi connectivity index (χ0) is 85.4. The number of hydrogen-bond acceptors (Lipinski definition) is 6. The molecule has 0 spiro atoms. The first-order valence-electron chi connectivity index (χ1n) is 42.8. The van der Waals surface area contributed by atoms with E-state index in [4.69, 9.17) is 0 Å². The van der Waals surface area contributed by atoms with Crippen LogP contribution in [0.2, 0.25) is 0 Å². The van der Waals surface area contributed by atoms with E-state index in [9.17, 15) is 0 Å². The molecule has 0 amide bonds. The Balaban J connectivity index is 0.000000138. The van der Waals surface area contributed by atoms with E-state index in [0.29, 0.717) is 0 Å². The maximum absolute atomic E-state index is 2.33. The summed E-state index contributed by atoms with van der Waals surface area (Å²) in [5.74, 6) is 0. The van der Waals surface area contributed by atoms with Gasteiger partial charge in [-0.15, -0.1) is 0 Å². The molecular formula is C118H104N6. The van der Waals surface area contributed by atoms with Crippen LogP contribution >= 0.6 is 0 Å². The average molecular weight is 1610 g/mol.